The Morgan fingerprint density at radius 2 is 1.26 bits per heavy atom. The van der Waals surface area contributed by atoms with Crippen molar-refractivity contribution in [3.63, 3.8) is 0 Å². The summed E-state index contributed by atoms with van der Waals surface area (Å²) >= 11 is 0. The van der Waals surface area contributed by atoms with Gasteiger partial charge in [0.1, 0.15) is 17.8 Å². The second-order valence-corrected chi connectivity index (χ2v) is 8.13. The van der Waals surface area contributed by atoms with Crippen LogP contribution in [0.5, 0.6) is 28.7 Å². The van der Waals surface area contributed by atoms with Crippen molar-refractivity contribution < 1.29 is 33.6 Å². The van der Waals surface area contributed by atoms with Crippen LogP contribution in [0.25, 0.3) is 0 Å². The first-order chi connectivity index (χ1) is 16.5. The fourth-order valence-corrected chi connectivity index (χ4v) is 4.69. The van der Waals surface area contributed by atoms with Gasteiger partial charge in [0.05, 0.1) is 28.4 Å². The molecule has 7 nitrogen and oxygen atoms in total. The number of carboxylic acids is 1. The second kappa shape index (κ2) is 9.55. The first-order valence-corrected chi connectivity index (χ1v) is 10.9. The Bertz CT molecular complexity index is 1130. The Morgan fingerprint density at radius 3 is 1.71 bits per heavy atom. The lowest BCUT2D eigenvalue weighted by molar-refractivity contribution is -0.143. The van der Waals surface area contributed by atoms with Crippen molar-refractivity contribution in [2.24, 2.45) is 0 Å². The molecule has 3 aromatic rings. The van der Waals surface area contributed by atoms with Gasteiger partial charge < -0.3 is 28.8 Å². The summed E-state index contributed by atoms with van der Waals surface area (Å²) in [6.07, 6.45) is 0.448. The van der Waals surface area contributed by atoms with Crippen LogP contribution in [0, 0.1) is 0 Å². The number of carbonyl (C=O) groups is 1. The molecule has 3 aromatic carbocycles. The van der Waals surface area contributed by atoms with Gasteiger partial charge in [-0.05, 0) is 36.1 Å². The number of ether oxygens (including phenoxy) is 5. The van der Waals surface area contributed by atoms with Gasteiger partial charge in [-0.1, -0.05) is 42.5 Å². The van der Waals surface area contributed by atoms with Crippen LogP contribution in [0.4, 0.5) is 0 Å². The molecule has 0 amide bonds. The molecule has 0 atom stereocenters. The molecule has 1 aliphatic rings. The quantitative estimate of drug-likeness (QED) is 0.502. The number of hydrogen-bond acceptors (Lipinski definition) is 6. The molecule has 0 heterocycles. The number of methoxy groups -OCH3 is 4. The van der Waals surface area contributed by atoms with Crippen LogP contribution < -0.4 is 23.7 Å². The minimum Gasteiger partial charge on any atom is -0.492 e. The standard InChI is InChI=1S/C27H28O7/c1-30-22-20-14-27(26(28)29,15-21(20)23(31-2)25(33-4)24(22)32-3)18-10-12-19(13-11-18)34-16-17-8-6-5-7-9-17/h5-13H,14-16H2,1-4H3,(H,28,29). The number of fused-ring (bicyclic) bond motifs is 1. The lowest BCUT2D eigenvalue weighted by Crippen LogP contribution is -2.36. The van der Waals surface area contributed by atoms with Gasteiger partial charge in [0.25, 0.3) is 0 Å². The molecule has 0 bridgehead atoms. The zero-order chi connectivity index (χ0) is 24.3. The van der Waals surface area contributed by atoms with E-state index in [-0.39, 0.29) is 12.8 Å². The molecular weight excluding hydrogens is 436 g/mol. The van der Waals surface area contributed by atoms with Crippen LogP contribution in [0.1, 0.15) is 22.3 Å². The third kappa shape index (κ3) is 3.87. The third-order valence-electron chi connectivity index (χ3n) is 6.37. The molecule has 0 spiro atoms. The van der Waals surface area contributed by atoms with Gasteiger partial charge in [0, 0.05) is 11.1 Å². The molecule has 0 radical (unpaired) electrons. The fraction of sp³-hybridized carbons (Fsp3) is 0.296. The predicted molar refractivity (Wildman–Crippen MR) is 127 cm³/mol. The number of aliphatic carboxylic acids is 1. The van der Waals surface area contributed by atoms with Gasteiger partial charge >= 0.3 is 5.97 Å². The predicted octanol–water partition coefficient (Wildman–Crippen LogP) is 4.42. The van der Waals surface area contributed by atoms with Crippen LogP contribution in [-0.2, 0) is 29.7 Å². The zero-order valence-corrected chi connectivity index (χ0v) is 19.7. The van der Waals surface area contributed by atoms with Crippen molar-refractivity contribution in [3.05, 3.63) is 76.9 Å². The van der Waals surface area contributed by atoms with Crippen molar-refractivity contribution in [3.8, 4) is 28.7 Å². The molecule has 0 saturated carbocycles. The Kier molecular flexibility index (Phi) is 6.54. The average Bonchev–Trinajstić information content (AvgIpc) is 3.28. The zero-order valence-electron chi connectivity index (χ0n) is 19.7. The summed E-state index contributed by atoms with van der Waals surface area (Å²) in [7, 11) is 6.09. The minimum absolute atomic E-state index is 0.224. The SMILES string of the molecule is COc1c2c(c(OC)c(OC)c1OC)CC(C(=O)O)(c1ccc(OCc3ccccc3)cc1)C2. The normalized spacial score (nSPS) is 13.6. The van der Waals surface area contributed by atoms with E-state index < -0.39 is 11.4 Å². The Morgan fingerprint density at radius 1 is 0.765 bits per heavy atom. The van der Waals surface area contributed by atoms with E-state index in [1.165, 1.54) is 28.4 Å². The smallest absolute Gasteiger partial charge is 0.314 e. The number of carboxylic acid groups (broad SMARTS) is 1. The van der Waals surface area contributed by atoms with E-state index in [4.69, 9.17) is 23.7 Å². The summed E-state index contributed by atoms with van der Waals surface area (Å²) in [6, 6.07) is 17.1. The van der Waals surface area contributed by atoms with Gasteiger partial charge in [-0.15, -0.1) is 0 Å². The number of hydrogen-bond donors (Lipinski definition) is 1. The number of rotatable bonds is 9. The van der Waals surface area contributed by atoms with E-state index in [0.29, 0.717) is 40.9 Å². The van der Waals surface area contributed by atoms with Gasteiger partial charge in [-0.3, -0.25) is 4.79 Å². The molecule has 1 N–H and O–H groups in total. The fourth-order valence-electron chi connectivity index (χ4n) is 4.69. The molecule has 0 unspecified atom stereocenters. The molecule has 7 heteroatoms. The Labute approximate surface area is 198 Å². The van der Waals surface area contributed by atoms with E-state index in [9.17, 15) is 9.90 Å². The monoisotopic (exact) mass is 464 g/mol. The van der Waals surface area contributed by atoms with Gasteiger partial charge in [0.15, 0.2) is 11.5 Å². The highest BCUT2D eigenvalue weighted by atomic mass is 16.5. The molecule has 34 heavy (non-hydrogen) atoms. The summed E-state index contributed by atoms with van der Waals surface area (Å²) in [6.45, 7) is 0.434. The maximum atomic E-state index is 12.7. The summed E-state index contributed by atoms with van der Waals surface area (Å²) in [5, 5.41) is 10.4. The van der Waals surface area contributed by atoms with E-state index in [1.807, 2.05) is 54.6 Å². The summed E-state index contributed by atoms with van der Waals surface area (Å²) in [5.41, 5.74) is 2.01. The molecule has 0 saturated heterocycles. The van der Waals surface area contributed by atoms with E-state index in [1.54, 1.807) is 0 Å². The highest BCUT2D eigenvalue weighted by Crippen LogP contribution is 2.56. The molecule has 178 valence electrons. The Balaban J connectivity index is 1.70. The largest absolute Gasteiger partial charge is 0.492 e. The Hall–Kier alpha value is -3.87. The van der Waals surface area contributed by atoms with E-state index in [2.05, 4.69) is 0 Å². The second-order valence-electron chi connectivity index (χ2n) is 8.13. The van der Waals surface area contributed by atoms with Crippen LogP contribution in [-0.4, -0.2) is 39.5 Å². The van der Waals surface area contributed by atoms with Crippen molar-refractivity contribution in [2.45, 2.75) is 24.9 Å². The number of benzene rings is 3. The minimum atomic E-state index is -1.20. The topological polar surface area (TPSA) is 83.5 Å². The maximum Gasteiger partial charge on any atom is 0.314 e. The molecule has 1 aliphatic carbocycles. The average molecular weight is 465 g/mol. The molecular formula is C27H28O7. The third-order valence-corrected chi connectivity index (χ3v) is 6.37. The highest BCUT2D eigenvalue weighted by Gasteiger charge is 2.49. The molecule has 0 aromatic heterocycles. The molecule has 0 aliphatic heterocycles. The lowest BCUT2D eigenvalue weighted by atomic mass is 9.77. The molecule has 0 fully saturated rings. The van der Waals surface area contributed by atoms with Crippen LogP contribution in [0.3, 0.4) is 0 Å². The van der Waals surface area contributed by atoms with E-state index in [0.717, 1.165) is 16.7 Å². The van der Waals surface area contributed by atoms with Crippen molar-refractivity contribution in [2.75, 3.05) is 28.4 Å². The van der Waals surface area contributed by atoms with Gasteiger partial charge in [-0.2, -0.15) is 0 Å². The summed E-state index contributed by atoms with van der Waals surface area (Å²) in [4.78, 5) is 12.7. The molecule has 4 rings (SSSR count). The maximum absolute atomic E-state index is 12.7. The van der Waals surface area contributed by atoms with Crippen LogP contribution in [0.2, 0.25) is 0 Å². The highest BCUT2D eigenvalue weighted by molar-refractivity contribution is 5.86. The van der Waals surface area contributed by atoms with Crippen LogP contribution >= 0.6 is 0 Å². The van der Waals surface area contributed by atoms with E-state index >= 15 is 0 Å². The van der Waals surface area contributed by atoms with Crippen molar-refractivity contribution in [1.82, 2.24) is 0 Å². The summed E-state index contributed by atoms with van der Waals surface area (Å²) < 4.78 is 28.3. The first-order valence-electron chi connectivity index (χ1n) is 10.9. The van der Waals surface area contributed by atoms with Crippen LogP contribution in [0.15, 0.2) is 54.6 Å². The van der Waals surface area contributed by atoms with Crippen molar-refractivity contribution >= 4 is 5.97 Å². The lowest BCUT2D eigenvalue weighted by Gasteiger charge is -2.25. The van der Waals surface area contributed by atoms with Gasteiger partial charge in [-0.25, -0.2) is 0 Å². The summed E-state index contributed by atoms with van der Waals surface area (Å²) in [5.74, 6) is 1.42. The first kappa shape index (κ1) is 23.3. The van der Waals surface area contributed by atoms with Crippen molar-refractivity contribution in [1.29, 1.82) is 0 Å². The van der Waals surface area contributed by atoms with Gasteiger partial charge in [0.2, 0.25) is 11.5 Å².